The molecule has 3 aromatic carbocycles. The van der Waals surface area contributed by atoms with Crippen LogP contribution in [0.1, 0.15) is 30.4 Å². The van der Waals surface area contributed by atoms with Gasteiger partial charge < -0.3 is 9.32 Å². The normalized spacial score (nSPS) is 15.9. The topological polar surface area (TPSA) is 16.4 Å². The molecule has 0 unspecified atom stereocenters. The van der Waals surface area contributed by atoms with Crippen LogP contribution in [0.5, 0.6) is 0 Å². The lowest BCUT2D eigenvalue weighted by atomic mass is 10.1. The van der Waals surface area contributed by atoms with E-state index in [1.807, 2.05) is 18.2 Å². The second kappa shape index (κ2) is 8.00. The highest BCUT2D eigenvalue weighted by molar-refractivity contribution is 5.84. The molecule has 0 amide bonds. The Kier molecular flexibility index (Phi) is 4.92. The van der Waals surface area contributed by atoms with E-state index in [2.05, 4.69) is 77.7 Å². The number of benzene rings is 3. The van der Waals surface area contributed by atoms with Crippen LogP contribution in [-0.4, -0.2) is 13.1 Å². The highest BCUT2D eigenvalue weighted by Gasteiger charge is 2.10. The molecule has 2 nitrogen and oxygen atoms in total. The van der Waals surface area contributed by atoms with Crippen molar-refractivity contribution in [1.29, 1.82) is 0 Å². The minimum absolute atomic E-state index is 0.906. The van der Waals surface area contributed by atoms with Gasteiger partial charge in [-0.25, -0.2) is 0 Å². The summed E-state index contributed by atoms with van der Waals surface area (Å²) < 4.78 is 6.30. The second-order valence-corrected chi connectivity index (χ2v) is 7.71. The Bertz CT molecular complexity index is 1210. The van der Waals surface area contributed by atoms with Crippen LogP contribution in [0.3, 0.4) is 0 Å². The molecular formula is C27H25NO. The largest absolute Gasteiger partial charge is 0.456 e. The first-order valence-corrected chi connectivity index (χ1v) is 10.5. The highest BCUT2D eigenvalue weighted by Crippen LogP contribution is 2.20. The standard InChI is InChI=1S/C27H25NO/c1-3-9-21(10-4-1)19-26-24-11-5-6-12-25(24)27(29-26)20-22-13-15-23(16-14-22)28-17-7-2-8-18-28/h1,3-6,9-16,19-20H,2,7-8,17-18H2/b26-19-,27-20-. The van der Waals surface area contributed by atoms with Gasteiger partial charge in [0.1, 0.15) is 10.8 Å². The molecule has 0 saturated carbocycles. The monoisotopic (exact) mass is 379 g/mol. The molecule has 1 saturated heterocycles. The first-order chi connectivity index (χ1) is 14.4. The number of hydrogen-bond donors (Lipinski definition) is 0. The van der Waals surface area contributed by atoms with Crippen molar-refractivity contribution in [2.75, 3.05) is 18.0 Å². The summed E-state index contributed by atoms with van der Waals surface area (Å²) >= 11 is 0. The molecule has 0 spiro atoms. The van der Waals surface area contributed by atoms with Crippen LogP contribution in [-0.2, 0) is 0 Å². The molecule has 5 rings (SSSR count). The third-order valence-corrected chi connectivity index (χ3v) is 5.69. The van der Waals surface area contributed by atoms with Crippen molar-refractivity contribution in [3.8, 4) is 0 Å². The van der Waals surface area contributed by atoms with Gasteiger partial charge >= 0.3 is 0 Å². The van der Waals surface area contributed by atoms with Crippen LogP contribution in [0, 0.1) is 0 Å². The Hall–Kier alpha value is -3.26. The van der Waals surface area contributed by atoms with E-state index < -0.39 is 0 Å². The molecule has 2 heteroatoms. The molecular weight excluding hydrogens is 354 g/mol. The summed E-state index contributed by atoms with van der Waals surface area (Å²) in [5, 5.41) is 2.29. The SMILES string of the molecule is C(/c1ccccc1)=c1/o/c(=C\c2ccc(N3CCCCC3)cc2)c2ccccc12. The average molecular weight is 380 g/mol. The van der Waals surface area contributed by atoms with Gasteiger partial charge in [0, 0.05) is 29.5 Å². The molecule has 1 fully saturated rings. The Morgan fingerprint density at radius 1 is 0.586 bits per heavy atom. The fraction of sp³-hybridized carbons (Fsp3) is 0.185. The number of furan rings is 1. The summed E-state index contributed by atoms with van der Waals surface area (Å²) in [6, 6.07) is 27.6. The third kappa shape index (κ3) is 3.84. The van der Waals surface area contributed by atoms with Gasteiger partial charge in [0.25, 0.3) is 0 Å². The molecule has 1 aliphatic rings. The predicted octanol–water partition coefficient (Wildman–Crippen LogP) is 5.08. The van der Waals surface area contributed by atoms with Crippen molar-refractivity contribution in [3.05, 3.63) is 101 Å². The maximum atomic E-state index is 6.30. The summed E-state index contributed by atoms with van der Waals surface area (Å²) in [7, 11) is 0. The number of nitrogens with zero attached hydrogens (tertiary/aromatic N) is 1. The summed E-state index contributed by atoms with van der Waals surface area (Å²) in [4.78, 5) is 2.49. The van der Waals surface area contributed by atoms with Crippen LogP contribution >= 0.6 is 0 Å². The zero-order valence-electron chi connectivity index (χ0n) is 16.6. The van der Waals surface area contributed by atoms with Crippen molar-refractivity contribution in [1.82, 2.24) is 0 Å². The van der Waals surface area contributed by atoms with Crippen molar-refractivity contribution in [2.45, 2.75) is 19.3 Å². The fourth-order valence-electron chi connectivity index (χ4n) is 4.14. The van der Waals surface area contributed by atoms with Gasteiger partial charge in [-0.15, -0.1) is 0 Å². The van der Waals surface area contributed by atoms with E-state index in [1.165, 1.54) is 38.0 Å². The average Bonchev–Trinajstić information content (AvgIpc) is 3.13. The van der Waals surface area contributed by atoms with Gasteiger partial charge in [-0.05, 0) is 54.7 Å². The van der Waals surface area contributed by atoms with Gasteiger partial charge in [0.15, 0.2) is 0 Å². The smallest absolute Gasteiger partial charge is 0.136 e. The van der Waals surface area contributed by atoms with Gasteiger partial charge in [-0.3, -0.25) is 0 Å². The Morgan fingerprint density at radius 3 is 1.76 bits per heavy atom. The third-order valence-electron chi connectivity index (χ3n) is 5.69. The summed E-state index contributed by atoms with van der Waals surface area (Å²) in [5.41, 5.74) is 5.45. The minimum atomic E-state index is 0.906. The lowest BCUT2D eigenvalue weighted by Crippen LogP contribution is -2.29. The number of piperidine rings is 1. The van der Waals surface area contributed by atoms with Gasteiger partial charge in [0.2, 0.25) is 0 Å². The zero-order chi connectivity index (χ0) is 19.5. The van der Waals surface area contributed by atoms with E-state index in [9.17, 15) is 0 Å². The van der Waals surface area contributed by atoms with E-state index in [0.717, 1.165) is 32.7 Å². The van der Waals surface area contributed by atoms with Crippen LogP contribution < -0.4 is 15.7 Å². The Labute approximate surface area is 171 Å². The number of hydrogen-bond acceptors (Lipinski definition) is 2. The maximum Gasteiger partial charge on any atom is 0.136 e. The van der Waals surface area contributed by atoms with E-state index in [1.54, 1.807) is 0 Å². The molecule has 0 atom stereocenters. The number of rotatable bonds is 3. The summed E-state index contributed by atoms with van der Waals surface area (Å²) in [6.45, 7) is 2.34. The molecule has 0 N–H and O–H groups in total. The maximum absolute atomic E-state index is 6.30. The minimum Gasteiger partial charge on any atom is -0.456 e. The Morgan fingerprint density at radius 2 is 1.14 bits per heavy atom. The summed E-state index contributed by atoms with van der Waals surface area (Å²) in [5.74, 6) is 0. The van der Waals surface area contributed by atoms with E-state index in [0.29, 0.717) is 0 Å². The lowest BCUT2D eigenvalue weighted by molar-refractivity contribution is 0.508. The van der Waals surface area contributed by atoms with Crippen LogP contribution in [0.4, 0.5) is 5.69 Å². The van der Waals surface area contributed by atoms with Crippen LogP contribution in [0.25, 0.3) is 22.9 Å². The van der Waals surface area contributed by atoms with Crippen molar-refractivity contribution in [2.24, 2.45) is 0 Å². The molecule has 1 aromatic heterocycles. The molecule has 2 heterocycles. The molecule has 144 valence electrons. The first kappa shape index (κ1) is 17.8. The van der Waals surface area contributed by atoms with Gasteiger partial charge in [0.05, 0.1) is 0 Å². The zero-order valence-corrected chi connectivity index (χ0v) is 16.6. The predicted molar refractivity (Wildman–Crippen MR) is 122 cm³/mol. The summed E-state index contributed by atoms with van der Waals surface area (Å²) in [6.07, 6.45) is 8.21. The molecule has 0 aliphatic carbocycles. The molecule has 29 heavy (non-hydrogen) atoms. The Balaban J connectivity index is 1.55. The van der Waals surface area contributed by atoms with E-state index >= 15 is 0 Å². The highest BCUT2D eigenvalue weighted by atomic mass is 16.3. The molecule has 1 aliphatic heterocycles. The van der Waals surface area contributed by atoms with Crippen LogP contribution in [0.15, 0.2) is 83.3 Å². The van der Waals surface area contributed by atoms with E-state index in [4.69, 9.17) is 4.42 Å². The van der Waals surface area contributed by atoms with E-state index in [-0.39, 0.29) is 0 Å². The van der Waals surface area contributed by atoms with Crippen molar-refractivity contribution < 1.29 is 4.42 Å². The van der Waals surface area contributed by atoms with Crippen molar-refractivity contribution in [3.63, 3.8) is 0 Å². The number of fused-ring (bicyclic) bond motifs is 1. The first-order valence-electron chi connectivity index (χ1n) is 10.5. The van der Waals surface area contributed by atoms with Crippen molar-refractivity contribution >= 4 is 28.6 Å². The molecule has 0 bridgehead atoms. The second-order valence-electron chi connectivity index (χ2n) is 7.71. The molecule has 0 radical (unpaired) electrons. The van der Waals surface area contributed by atoms with Gasteiger partial charge in [-0.1, -0.05) is 66.7 Å². The van der Waals surface area contributed by atoms with Gasteiger partial charge in [-0.2, -0.15) is 0 Å². The van der Waals surface area contributed by atoms with Crippen LogP contribution in [0.2, 0.25) is 0 Å². The molecule has 4 aromatic rings. The fourth-order valence-corrected chi connectivity index (χ4v) is 4.14. The number of anilines is 1. The quantitative estimate of drug-likeness (QED) is 0.493. The lowest BCUT2D eigenvalue weighted by Gasteiger charge is -2.28.